The van der Waals surface area contributed by atoms with Gasteiger partial charge in [-0.1, -0.05) is 29.8 Å². The number of benzene rings is 2. The average molecular weight is 446 g/mol. The zero-order chi connectivity index (χ0) is 22.2. The minimum Gasteiger partial charge on any atom is -0.331 e. The van der Waals surface area contributed by atoms with Crippen molar-refractivity contribution in [3.63, 3.8) is 0 Å². The molecule has 2 aromatic heterocycles. The Labute approximate surface area is 191 Å². The zero-order valence-electron chi connectivity index (χ0n) is 18.0. The second-order valence-electron chi connectivity index (χ2n) is 8.32. The van der Waals surface area contributed by atoms with Gasteiger partial charge in [0.15, 0.2) is 0 Å². The van der Waals surface area contributed by atoms with Gasteiger partial charge in [-0.05, 0) is 62.1 Å². The van der Waals surface area contributed by atoms with E-state index in [2.05, 4.69) is 20.0 Å². The lowest BCUT2D eigenvalue weighted by molar-refractivity contribution is 0.102. The van der Waals surface area contributed by atoms with E-state index in [1.54, 1.807) is 12.4 Å². The van der Waals surface area contributed by atoms with E-state index >= 15 is 0 Å². The number of anilines is 1. The fraction of sp³-hybridized carbons (Fsp3) is 0.240. The Kier molecular flexibility index (Phi) is 5.31. The predicted octanol–water partition coefficient (Wildman–Crippen LogP) is 5.52. The molecule has 0 saturated heterocycles. The standard InChI is InChI=1S/C25H24ClN5O/c1-16-3-10-21(13-23(16)26)31-24(19-6-7-19)22(14-28-31)25(32)29-20-8-4-18(5-9-20)15-30-12-11-27-17(30)2/h3-5,8-14,19H,6-7,15H2,1-2H3,(H,29,32). The Morgan fingerprint density at radius 2 is 1.94 bits per heavy atom. The van der Waals surface area contributed by atoms with Crippen molar-refractivity contribution in [1.29, 1.82) is 0 Å². The molecule has 32 heavy (non-hydrogen) atoms. The number of hydrogen-bond acceptors (Lipinski definition) is 3. The fourth-order valence-corrected chi connectivity index (χ4v) is 4.04. The zero-order valence-corrected chi connectivity index (χ0v) is 18.8. The summed E-state index contributed by atoms with van der Waals surface area (Å²) in [5.41, 5.74) is 5.36. The van der Waals surface area contributed by atoms with Crippen molar-refractivity contribution in [2.45, 2.75) is 39.2 Å². The molecule has 0 bridgehead atoms. The van der Waals surface area contributed by atoms with Crippen LogP contribution >= 0.6 is 11.6 Å². The number of rotatable bonds is 6. The van der Waals surface area contributed by atoms with Gasteiger partial charge in [-0.2, -0.15) is 5.10 Å². The van der Waals surface area contributed by atoms with Crippen LogP contribution in [0.15, 0.2) is 61.1 Å². The molecule has 1 saturated carbocycles. The molecule has 4 aromatic rings. The van der Waals surface area contributed by atoms with Crippen LogP contribution < -0.4 is 5.32 Å². The van der Waals surface area contributed by atoms with E-state index < -0.39 is 0 Å². The Morgan fingerprint density at radius 1 is 1.16 bits per heavy atom. The number of aryl methyl sites for hydroxylation is 2. The molecule has 1 amide bonds. The molecule has 0 aliphatic heterocycles. The largest absolute Gasteiger partial charge is 0.331 e. The molecule has 0 unspecified atom stereocenters. The van der Waals surface area contributed by atoms with Crippen LogP contribution in [0.2, 0.25) is 5.02 Å². The maximum Gasteiger partial charge on any atom is 0.259 e. The Morgan fingerprint density at radius 3 is 2.59 bits per heavy atom. The van der Waals surface area contributed by atoms with Gasteiger partial charge in [0, 0.05) is 35.6 Å². The van der Waals surface area contributed by atoms with Gasteiger partial charge in [-0.15, -0.1) is 0 Å². The number of carbonyl (C=O) groups is 1. The van der Waals surface area contributed by atoms with E-state index in [0.29, 0.717) is 16.5 Å². The first-order chi connectivity index (χ1) is 15.5. The molecule has 1 aliphatic carbocycles. The molecule has 2 aromatic carbocycles. The fourth-order valence-electron chi connectivity index (χ4n) is 3.86. The summed E-state index contributed by atoms with van der Waals surface area (Å²) >= 11 is 6.33. The van der Waals surface area contributed by atoms with Crippen molar-refractivity contribution in [3.05, 3.63) is 94.3 Å². The van der Waals surface area contributed by atoms with Crippen molar-refractivity contribution in [3.8, 4) is 5.69 Å². The van der Waals surface area contributed by atoms with Gasteiger partial charge in [0.1, 0.15) is 5.82 Å². The first kappa shape index (κ1) is 20.5. The van der Waals surface area contributed by atoms with Gasteiger partial charge in [0.25, 0.3) is 5.91 Å². The number of carbonyl (C=O) groups excluding carboxylic acids is 1. The lowest BCUT2D eigenvalue weighted by atomic mass is 10.1. The molecule has 0 spiro atoms. The molecule has 0 atom stereocenters. The summed E-state index contributed by atoms with van der Waals surface area (Å²) in [4.78, 5) is 17.4. The maximum atomic E-state index is 13.1. The van der Waals surface area contributed by atoms with E-state index in [-0.39, 0.29) is 5.91 Å². The highest BCUT2D eigenvalue weighted by atomic mass is 35.5. The van der Waals surface area contributed by atoms with Crippen LogP contribution in [-0.2, 0) is 6.54 Å². The van der Waals surface area contributed by atoms with Gasteiger partial charge >= 0.3 is 0 Å². The minimum atomic E-state index is -0.144. The number of nitrogens with zero attached hydrogens (tertiary/aromatic N) is 4. The van der Waals surface area contributed by atoms with Gasteiger partial charge in [-0.25, -0.2) is 9.67 Å². The van der Waals surface area contributed by atoms with E-state index in [0.717, 1.165) is 53.4 Å². The number of aromatic nitrogens is 4. The van der Waals surface area contributed by atoms with E-state index in [9.17, 15) is 4.79 Å². The number of halogens is 1. The van der Waals surface area contributed by atoms with Crippen LogP contribution in [0.5, 0.6) is 0 Å². The van der Waals surface area contributed by atoms with Gasteiger partial charge in [-0.3, -0.25) is 4.79 Å². The SMILES string of the molecule is Cc1ccc(-n2ncc(C(=O)Nc3ccc(Cn4ccnc4C)cc3)c2C2CC2)cc1Cl. The normalized spacial score (nSPS) is 13.3. The average Bonchev–Trinajstić information content (AvgIpc) is 3.40. The molecule has 5 rings (SSSR count). The lowest BCUT2D eigenvalue weighted by Crippen LogP contribution is -2.14. The van der Waals surface area contributed by atoms with Crippen molar-refractivity contribution in [1.82, 2.24) is 19.3 Å². The molecule has 0 radical (unpaired) electrons. The highest BCUT2D eigenvalue weighted by Gasteiger charge is 2.33. The lowest BCUT2D eigenvalue weighted by Gasteiger charge is -2.11. The number of hydrogen-bond donors (Lipinski definition) is 1. The van der Waals surface area contributed by atoms with Crippen molar-refractivity contribution >= 4 is 23.2 Å². The van der Waals surface area contributed by atoms with Crippen molar-refractivity contribution in [2.75, 3.05) is 5.32 Å². The second kappa shape index (κ2) is 8.28. The Hall–Kier alpha value is -3.38. The van der Waals surface area contributed by atoms with Crippen LogP contribution in [0.1, 0.15) is 51.8 Å². The summed E-state index contributed by atoms with van der Waals surface area (Å²) in [5, 5.41) is 8.25. The van der Waals surface area contributed by atoms with Gasteiger partial charge in [0.05, 0.1) is 23.1 Å². The molecule has 6 nitrogen and oxygen atoms in total. The monoisotopic (exact) mass is 445 g/mol. The minimum absolute atomic E-state index is 0.144. The Balaban J connectivity index is 1.36. The van der Waals surface area contributed by atoms with Crippen LogP contribution in [-0.4, -0.2) is 25.2 Å². The third kappa shape index (κ3) is 4.06. The van der Waals surface area contributed by atoms with Crippen LogP contribution in [0, 0.1) is 13.8 Å². The van der Waals surface area contributed by atoms with E-state index in [1.807, 2.05) is 67.2 Å². The second-order valence-corrected chi connectivity index (χ2v) is 8.72. The molecule has 1 fully saturated rings. The first-order valence-corrected chi connectivity index (χ1v) is 11.1. The molecular weight excluding hydrogens is 422 g/mol. The summed E-state index contributed by atoms with van der Waals surface area (Å²) in [5.74, 6) is 1.18. The summed E-state index contributed by atoms with van der Waals surface area (Å²) in [6.07, 6.45) is 7.55. The summed E-state index contributed by atoms with van der Waals surface area (Å²) in [6, 6.07) is 13.8. The Bertz CT molecular complexity index is 1280. The maximum absolute atomic E-state index is 13.1. The van der Waals surface area contributed by atoms with Crippen LogP contribution in [0.3, 0.4) is 0 Å². The quantitative estimate of drug-likeness (QED) is 0.425. The van der Waals surface area contributed by atoms with Gasteiger partial charge in [0.2, 0.25) is 0 Å². The van der Waals surface area contributed by atoms with Crippen molar-refractivity contribution < 1.29 is 4.79 Å². The predicted molar refractivity (Wildman–Crippen MR) is 126 cm³/mol. The van der Waals surface area contributed by atoms with E-state index in [4.69, 9.17) is 11.6 Å². The van der Waals surface area contributed by atoms with E-state index in [1.165, 1.54) is 0 Å². The van der Waals surface area contributed by atoms with Crippen molar-refractivity contribution in [2.24, 2.45) is 0 Å². The molecule has 1 aliphatic rings. The smallest absolute Gasteiger partial charge is 0.259 e. The molecule has 162 valence electrons. The van der Waals surface area contributed by atoms with Crippen LogP contribution in [0.25, 0.3) is 5.69 Å². The summed E-state index contributed by atoms with van der Waals surface area (Å²) in [7, 11) is 0. The number of nitrogens with one attached hydrogen (secondary N) is 1. The molecule has 2 heterocycles. The number of amides is 1. The number of imidazole rings is 1. The highest BCUT2D eigenvalue weighted by Crippen LogP contribution is 2.42. The molecule has 7 heteroatoms. The summed E-state index contributed by atoms with van der Waals surface area (Å²) < 4.78 is 3.94. The molecular formula is C25H24ClN5O. The molecule has 1 N–H and O–H groups in total. The first-order valence-electron chi connectivity index (χ1n) is 10.7. The highest BCUT2D eigenvalue weighted by molar-refractivity contribution is 6.31. The van der Waals surface area contributed by atoms with Crippen LogP contribution in [0.4, 0.5) is 5.69 Å². The third-order valence-corrected chi connectivity index (χ3v) is 6.31. The third-order valence-electron chi connectivity index (χ3n) is 5.90. The topological polar surface area (TPSA) is 64.7 Å². The van der Waals surface area contributed by atoms with Gasteiger partial charge < -0.3 is 9.88 Å². The summed E-state index contributed by atoms with van der Waals surface area (Å²) in [6.45, 7) is 4.70.